The van der Waals surface area contributed by atoms with Crippen LogP contribution in [0.15, 0.2) is 52.6 Å². The highest BCUT2D eigenvalue weighted by Crippen LogP contribution is 2.22. The van der Waals surface area contributed by atoms with E-state index >= 15 is 0 Å². The van der Waals surface area contributed by atoms with Crippen molar-refractivity contribution in [3.8, 4) is 0 Å². The number of nitrogens with one attached hydrogen (secondary N) is 1. The molecule has 1 atom stereocenters. The van der Waals surface area contributed by atoms with Crippen molar-refractivity contribution in [2.75, 3.05) is 0 Å². The molecule has 90 valence electrons. The first kappa shape index (κ1) is 11.3. The third-order valence-electron chi connectivity index (χ3n) is 2.70. The van der Waals surface area contributed by atoms with Crippen LogP contribution >= 0.6 is 0 Å². The minimum Gasteiger partial charge on any atom is -0.604 e. The van der Waals surface area contributed by atoms with Gasteiger partial charge >= 0.3 is 5.16 Å². The zero-order valence-corrected chi connectivity index (χ0v) is 10.6. The molecule has 1 aromatic carbocycles. The summed E-state index contributed by atoms with van der Waals surface area (Å²) in [7, 11) is 0. The van der Waals surface area contributed by atoms with Gasteiger partial charge in [-0.15, -0.1) is 0 Å². The highest BCUT2D eigenvalue weighted by molar-refractivity contribution is 7.91. The van der Waals surface area contributed by atoms with Crippen LogP contribution in [0.3, 0.4) is 0 Å². The summed E-state index contributed by atoms with van der Waals surface area (Å²) < 4.78 is 12.4. The second-order valence-corrected chi connectivity index (χ2v) is 5.28. The standard InChI is InChI=1S/C13H11N3OS/c1-9-12(7-4-8-14-9)18(17)13-15-10-5-2-3-6-11(10)16-13/h2-8H,1H3,(H,15,16). The van der Waals surface area contributed by atoms with Gasteiger partial charge in [0.2, 0.25) is 0 Å². The predicted molar refractivity (Wildman–Crippen MR) is 69.7 cm³/mol. The summed E-state index contributed by atoms with van der Waals surface area (Å²) in [6.07, 6.45) is 1.69. The van der Waals surface area contributed by atoms with Crippen LogP contribution in [0.4, 0.5) is 0 Å². The molecule has 0 fully saturated rings. The lowest BCUT2D eigenvalue weighted by Crippen LogP contribution is -2.06. The zero-order valence-electron chi connectivity index (χ0n) is 9.75. The third kappa shape index (κ3) is 1.87. The molecule has 1 unspecified atom stereocenters. The summed E-state index contributed by atoms with van der Waals surface area (Å²) in [5.74, 6) is 0. The number of rotatable bonds is 2. The fourth-order valence-electron chi connectivity index (χ4n) is 1.79. The molecule has 0 aliphatic rings. The van der Waals surface area contributed by atoms with Crippen molar-refractivity contribution in [2.45, 2.75) is 17.0 Å². The summed E-state index contributed by atoms with van der Waals surface area (Å²) >= 11 is -1.32. The lowest BCUT2D eigenvalue weighted by Gasteiger charge is -2.07. The predicted octanol–water partition coefficient (Wildman–Crippen LogP) is 2.43. The smallest absolute Gasteiger partial charge is 0.327 e. The molecule has 2 aromatic heterocycles. The number of aromatic amines is 1. The second kappa shape index (κ2) is 4.44. The summed E-state index contributed by atoms with van der Waals surface area (Å²) in [4.78, 5) is 12.3. The molecule has 0 aliphatic heterocycles. The molecule has 0 aliphatic carbocycles. The van der Waals surface area contributed by atoms with Gasteiger partial charge in [-0.1, -0.05) is 12.1 Å². The number of H-pyrrole nitrogens is 1. The van der Waals surface area contributed by atoms with Gasteiger partial charge in [-0.25, -0.2) is 0 Å². The fraction of sp³-hybridized carbons (Fsp3) is 0.0769. The molecule has 5 heteroatoms. The number of aryl methyl sites for hydroxylation is 1. The van der Waals surface area contributed by atoms with Gasteiger partial charge in [0, 0.05) is 6.20 Å². The number of fused-ring (bicyclic) bond motifs is 1. The first-order valence-corrected chi connectivity index (χ1v) is 6.69. The zero-order chi connectivity index (χ0) is 12.5. The molecule has 2 heterocycles. The van der Waals surface area contributed by atoms with E-state index in [9.17, 15) is 4.55 Å². The van der Waals surface area contributed by atoms with Gasteiger partial charge in [0.15, 0.2) is 4.90 Å². The third-order valence-corrected chi connectivity index (χ3v) is 4.08. The molecule has 0 spiro atoms. The topological polar surface area (TPSA) is 64.6 Å². The van der Waals surface area contributed by atoms with Gasteiger partial charge in [-0.05, 0) is 31.2 Å². The highest BCUT2D eigenvalue weighted by atomic mass is 32.2. The Hall–Kier alpha value is -1.85. The molecule has 0 amide bonds. The summed E-state index contributed by atoms with van der Waals surface area (Å²) in [5, 5.41) is 0.465. The molecule has 0 radical (unpaired) electrons. The number of hydrogen-bond donors (Lipinski definition) is 1. The Labute approximate surface area is 107 Å². The van der Waals surface area contributed by atoms with Crippen molar-refractivity contribution in [1.82, 2.24) is 15.0 Å². The van der Waals surface area contributed by atoms with Crippen molar-refractivity contribution in [3.63, 3.8) is 0 Å². The van der Waals surface area contributed by atoms with Crippen LogP contribution in [-0.4, -0.2) is 19.5 Å². The number of benzene rings is 1. The minimum atomic E-state index is -1.32. The van der Waals surface area contributed by atoms with E-state index in [1.54, 1.807) is 12.3 Å². The maximum atomic E-state index is 12.4. The van der Waals surface area contributed by atoms with E-state index in [1.807, 2.05) is 37.3 Å². The van der Waals surface area contributed by atoms with E-state index in [-0.39, 0.29) is 0 Å². The average molecular weight is 257 g/mol. The monoisotopic (exact) mass is 257 g/mol. The van der Waals surface area contributed by atoms with Crippen LogP contribution in [0, 0.1) is 6.92 Å². The average Bonchev–Trinajstić information content (AvgIpc) is 2.82. The molecule has 3 rings (SSSR count). The Bertz CT molecular complexity index is 662. The summed E-state index contributed by atoms with van der Waals surface area (Å²) in [6, 6.07) is 11.2. The Balaban J connectivity index is 2.07. The van der Waals surface area contributed by atoms with Crippen LogP contribution in [0.25, 0.3) is 11.0 Å². The summed E-state index contributed by atoms with van der Waals surface area (Å²) in [5.41, 5.74) is 2.47. The van der Waals surface area contributed by atoms with Crippen LogP contribution < -0.4 is 0 Å². The Morgan fingerprint density at radius 1 is 1.17 bits per heavy atom. The number of imidazole rings is 1. The van der Waals surface area contributed by atoms with E-state index in [2.05, 4.69) is 15.0 Å². The Morgan fingerprint density at radius 3 is 2.78 bits per heavy atom. The Kier molecular flexibility index (Phi) is 2.77. The lowest BCUT2D eigenvalue weighted by molar-refractivity contribution is 0.587. The molecular formula is C13H11N3OS. The second-order valence-electron chi connectivity index (χ2n) is 3.91. The van der Waals surface area contributed by atoms with Crippen molar-refractivity contribution in [1.29, 1.82) is 0 Å². The van der Waals surface area contributed by atoms with Crippen LogP contribution in [0.1, 0.15) is 5.69 Å². The summed E-state index contributed by atoms with van der Waals surface area (Å²) in [6.45, 7) is 1.84. The first-order chi connectivity index (χ1) is 8.75. The molecular weight excluding hydrogens is 246 g/mol. The number of hydrogen-bond acceptors (Lipinski definition) is 3. The van der Waals surface area contributed by atoms with Crippen molar-refractivity contribution >= 4 is 22.2 Å². The number of pyridine rings is 1. The van der Waals surface area contributed by atoms with Crippen molar-refractivity contribution in [2.24, 2.45) is 0 Å². The normalized spacial score (nSPS) is 12.8. The van der Waals surface area contributed by atoms with Gasteiger partial charge in [-0.3, -0.25) is 9.97 Å². The van der Waals surface area contributed by atoms with E-state index in [4.69, 9.17) is 0 Å². The number of para-hydroxylation sites is 2. The van der Waals surface area contributed by atoms with Crippen LogP contribution in [0.2, 0.25) is 0 Å². The molecule has 4 nitrogen and oxygen atoms in total. The Morgan fingerprint density at radius 2 is 2.00 bits per heavy atom. The number of nitrogens with zero attached hydrogens (tertiary/aromatic N) is 2. The van der Waals surface area contributed by atoms with Gasteiger partial charge in [0.05, 0.1) is 27.9 Å². The molecule has 0 saturated carbocycles. The quantitative estimate of drug-likeness (QED) is 0.717. The van der Waals surface area contributed by atoms with Crippen LogP contribution in [0.5, 0.6) is 0 Å². The maximum absolute atomic E-state index is 12.4. The molecule has 0 saturated heterocycles. The van der Waals surface area contributed by atoms with Gasteiger partial charge in [-0.2, -0.15) is 4.98 Å². The SMILES string of the molecule is Cc1ncccc1[S+]([O-])c1nc2ccccc2[nH]1. The fourth-order valence-corrected chi connectivity index (χ4v) is 2.90. The van der Waals surface area contributed by atoms with Crippen molar-refractivity contribution in [3.05, 3.63) is 48.3 Å². The van der Waals surface area contributed by atoms with Gasteiger partial charge in [0.25, 0.3) is 0 Å². The van der Waals surface area contributed by atoms with E-state index in [0.29, 0.717) is 10.1 Å². The minimum absolute atomic E-state index is 0.465. The van der Waals surface area contributed by atoms with Gasteiger partial charge in [0.1, 0.15) is 0 Å². The van der Waals surface area contributed by atoms with E-state index < -0.39 is 11.2 Å². The maximum Gasteiger partial charge on any atom is 0.327 e. The molecule has 3 aromatic rings. The largest absolute Gasteiger partial charge is 0.604 e. The van der Waals surface area contributed by atoms with E-state index in [1.165, 1.54) is 0 Å². The molecule has 18 heavy (non-hydrogen) atoms. The van der Waals surface area contributed by atoms with Crippen molar-refractivity contribution < 1.29 is 4.55 Å². The molecule has 0 bridgehead atoms. The van der Waals surface area contributed by atoms with Gasteiger partial charge < -0.3 is 4.55 Å². The lowest BCUT2D eigenvalue weighted by atomic mass is 10.3. The highest BCUT2D eigenvalue weighted by Gasteiger charge is 2.21. The number of aromatic nitrogens is 3. The van der Waals surface area contributed by atoms with Crippen LogP contribution in [-0.2, 0) is 11.2 Å². The van der Waals surface area contributed by atoms with E-state index in [0.717, 1.165) is 16.7 Å². The molecule has 1 N–H and O–H groups in total. The first-order valence-electron chi connectivity index (χ1n) is 5.54.